The highest BCUT2D eigenvalue weighted by Crippen LogP contribution is 2.43. The second kappa shape index (κ2) is 7.34. The van der Waals surface area contributed by atoms with Gasteiger partial charge in [-0.2, -0.15) is 0 Å². The zero-order valence-corrected chi connectivity index (χ0v) is 17.3. The van der Waals surface area contributed by atoms with Crippen LogP contribution in [0.2, 0.25) is 5.02 Å². The van der Waals surface area contributed by atoms with E-state index in [1.54, 1.807) is 17.4 Å². The van der Waals surface area contributed by atoms with E-state index in [2.05, 4.69) is 4.90 Å². The van der Waals surface area contributed by atoms with Gasteiger partial charge in [0.1, 0.15) is 18.2 Å². The van der Waals surface area contributed by atoms with E-state index in [1.807, 2.05) is 54.8 Å². The van der Waals surface area contributed by atoms with Gasteiger partial charge in [-0.05, 0) is 42.1 Å². The molecule has 0 atom stereocenters. The predicted octanol–water partition coefficient (Wildman–Crippen LogP) is 5.68. The molecule has 0 saturated heterocycles. The molecule has 0 aliphatic carbocycles. The van der Waals surface area contributed by atoms with Crippen molar-refractivity contribution in [1.82, 2.24) is 4.90 Å². The summed E-state index contributed by atoms with van der Waals surface area (Å²) in [6.45, 7) is 3.90. The van der Waals surface area contributed by atoms with Crippen LogP contribution in [0.1, 0.15) is 31.9 Å². The summed E-state index contributed by atoms with van der Waals surface area (Å²) < 4.78 is 12.0. The number of ketones is 1. The van der Waals surface area contributed by atoms with Gasteiger partial charge in [-0.25, -0.2) is 0 Å². The van der Waals surface area contributed by atoms with Gasteiger partial charge in [0.15, 0.2) is 5.76 Å². The summed E-state index contributed by atoms with van der Waals surface area (Å²) in [6.07, 6.45) is 1.80. The maximum Gasteiger partial charge on any atom is 0.232 e. The number of benzene rings is 2. The van der Waals surface area contributed by atoms with E-state index >= 15 is 0 Å². The Hall–Kier alpha value is -2.60. The Morgan fingerprint density at radius 2 is 2.03 bits per heavy atom. The van der Waals surface area contributed by atoms with Crippen molar-refractivity contribution in [1.29, 1.82) is 0 Å². The molecule has 0 fully saturated rings. The molecule has 3 heterocycles. The van der Waals surface area contributed by atoms with E-state index in [0.717, 1.165) is 33.3 Å². The van der Waals surface area contributed by atoms with E-state index in [0.29, 0.717) is 30.3 Å². The number of carbonyl (C=O) groups is 1. The van der Waals surface area contributed by atoms with Crippen LogP contribution in [0.3, 0.4) is 0 Å². The highest BCUT2D eigenvalue weighted by molar-refractivity contribution is 7.10. The third-order valence-corrected chi connectivity index (χ3v) is 6.21. The number of hydrogen-bond donors (Lipinski definition) is 0. The van der Waals surface area contributed by atoms with Gasteiger partial charge in [-0.1, -0.05) is 29.8 Å². The third kappa shape index (κ3) is 3.46. The number of ether oxygens (including phenoxy) is 2. The van der Waals surface area contributed by atoms with E-state index in [-0.39, 0.29) is 5.78 Å². The highest BCUT2D eigenvalue weighted by Gasteiger charge is 2.33. The van der Waals surface area contributed by atoms with Gasteiger partial charge in [0.05, 0.1) is 5.56 Å². The van der Waals surface area contributed by atoms with Crippen LogP contribution in [0.15, 0.2) is 53.6 Å². The summed E-state index contributed by atoms with van der Waals surface area (Å²) >= 11 is 7.55. The van der Waals surface area contributed by atoms with Gasteiger partial charge < -0.3 is 9.47 Å². The molecule has 3 aromatic rings. The Morgan fingerprint density at radius 1 is 1.21 bits per heavy atom. The van der Waals surface area contributed by atoms with E-state index in [9.17, 15) is 4.79 Å². The minimum Gasteiger partial charge on any atom is -0.477 e. The van der Waals surface area contributed by atoms with Crippen LogP contribution in [-0.2, 0) is 13.1 Å². The van der Waals surface area contributed by atoms with E-state index in [4.69, 9.17) is 21.1 Å². The van der Waals surface area contributed by atoms with Crippen LogP contribution in [0.4, 0.5) is 0 Å². The average Bonchev–Trinajstić information content (AvgIpc) is 3.33. The Kier molecular flexibility index (Phi) is 4.66. The minimum absolute atomic E-state index is 0.0749. The first-order valence-electron chi connectivity index (χ1n) is 9.32. The van der Waals surface area contributed by atoms with Crippen molar-refractivity contribution in [3.63, 3.8) is 0 Å². The van der Waals surface area contributed by atoms with Crippen molar-refractivity contribution in [2.24, 2.45) is 0 Å². The number of allylic oxidation sites excluding steroid dienone is 1. The largest absolute Gasteiger partial charge is 0.477 e. The third-order valence-electron chi connectivity index (χ3n) is 5.14. The second-order valence-corrected chi connectivity index (χ2v) is 8.62. The molecular weight excluding hydrogens is 406 g/mol. The monoisotopic (exact) mass is 423 g/mol. The molecule has 0 amide bonds. The van der Waals surface area contributed by atoms with Gasteiger partial charge in [0.2, 0.25) is 5.78 Å². The molecule has 2 aromatic carbocycles. The summed E-state index contributed by atoms with van der Waals surface area (Å²) in [4.78, 5) is 16.1. The molecule has 5 rings (SSSR count). The van der Waals surface area contributed by atoms with E-state index in [1.165, 1.54) is 5.56 Å². The van der Waals surface area contributed by atoms with Crippen molar-refractivity contribution in [2.75, 3.05) is 6.73 Å². The molecule has 0 N–H and O–H groups in total. The fourth-order valence-corrected chi connectivity index (χ4v) is 4.52. The van der Waals surface area contributed by atoms with Gasteiger partial charge in [0, 0.05) is 40.2 Å². The maximum absolute atomic E-state index is 12.9. The second-order valence-electron chi connectivity index (χ2n) is 7.21. The Labute approximate surface area is 177 Å². The molecule has 0 spiro atoms. The van der Waals surface area contributed by atoms with Gasteiger partial charge in [-0.3, -0.25) is 9.69 Å². The molecule has 0 saturated carbocycles. The molecule has 6 heteroatoms. The van der Waals surface area contributed by atoms with Crippen LogP contribution in [0, 0.1) is 6.92 Å². The first-order valence-corrected chi connectivity index (χ1v) is 10.6. The van der Waals surface area contributed by atoms with Crippen LogP contribution in [0.25, 0.3) is 6.08 Å². The molecule has 4 nitrogen and oxygen atoms in total. The van der Waals surface area contributed by atoms with Crippen molar-refractivity contribution < 1.29 is 14.3 Å². The molecule has 0 unspecified atom stereocenters. The lowest BCUT2D eigenvalue weighted by molar-refractivity contribution is 0.0876. The fraction of sp³-hybridized carbons (Fsp3) is 0.174. The van der Waals surface area contributed by atoms with Crippen molar-refractivity contribution in [2.45, 2.75) is 20.0 Å². The van der Waals surface area contributed by atoms with Crippen LogP contribution in [0.5, 0.6) is 11.5 Å². The first kappa shape index (κ1) is 18.4. The van der Waals surface area contributed by atoms with Crippen molar-refractivity contribution in [3.05, 3.63) is 85.8 Å². The molecular formula is C23H18ClNO3S. The molecule has 29 heavy (non-hydrogen) atoms. The Balaban J connectivity index is 1.42. The molecule has 2 aliphatic rings. The first-order chi connectivity index (χ1) is 14.1. The number of rotatable bonds is 3. The average molecular weight is 424 g/mol. The Bertz CT molecular complexity index is 1120. The van der Waals surface area contributed by atoms with Crippen LogP contribution >= 0.6 is 22.9 Å². The summed E-state index contributed by atoms with van der Waals surface area (Å²) in [6, 6.07) is 13.7. The van der Waals surface area contributed by atoms with Crippen LogP contribution < -0.4 is 9.47 Å². The van der Waals surface area contributed by atoms with Gasteiger partial charge in [-0.15, -0.1) is 11.3 Å². The highest BCUT2D eigenvalue weighted by atomic mass is 35.5. The quantitative estimate of drug-likeness (QED) is 0.508. The summed E-state index contributed by atoms with van der Waals surface area (Å²) in [7, 11) is 0. The lowest BCUT2D eigenvalue weighted by Gasteiger charge is -2.30. The van der Waals surface area contributed by atoms with E-state index < -0.39 is 0 Å². The number of hydrogen-bond acceptors (Lipinski definition) is 5. The summed E-state index contributed by atoms with van der Waals surface area (Å²) in [5, 5.41) is 2.71. The Morgan fingerprint density at radius 3 is 2.79 bits per heavy atom. The summed E-state index contributed by atoms with van der Waals surface area (Å²) in [5.74, 6) is 1.73. The zero-order valence-electron chi connectivity index (χ0n) is 15.8. The smallest absolute Gasteiger partial charge is 0.232 e. The minimum atomic E-state index is -0.0749. The molecule has 146 valence electrons. The topological polar surface area (TPSA) is 38.8 Å². The van der Waals surface area contributed by atoms with Crippen molar-refractivity contribution >= 4 is 34.8 Å². The molecule has 2 aliphatic heterocycles. The molecule has 0 bridgehead atoms. The van der Waals surface area contributed by atoms with Gasteiger partial charge in [0.25, 0.3) is 0 Å². The zero-order chi connectivity index (χ0) is 20.0. The number of thiophene rings is 1. The number of nitrogens with zero attached hydrogens (tertiary/aromatic N) is 1. The fourth-order valence-electron chi connectivity index (χ4n) is 3.75. The predicted molar refractivity (Wildman–Crippen MR) is 115 cm³/mol. The lowest BCUT2D eigenvalue weighted by Crippen LogP contribution is -2.32. The van der Waals surface area contributed by atoms with Crippen LogP contribution in [-0.4, -0.2) is 17.4 Å². The standard InChI is InChI=1S/C23H18ClNO3S/c1-14-22-16(12-25(13-27-22)11-15-4-6-17(24)7-5-15)9-19-21(26)20(28-23(14)19)10-18-3-2-8-29-18/h2-10H,11-13H2,1H3/b20-10-. The number of Topliss-reactive ketones (excluding diaryl/α,β-unsaturated/α-hetero) is 1. The summed E-state index contributed by atoms with van der Waals surface area (Å²) in [5.41, 5.74) is 3.67. The number of fused-ring (bicyclic) bond motifs is 2. The SMILES string of the molecule is Cc1c2c(cc3c1O/C(=C\c1cccs1)C3=O)CN(Cc1ccc(Cl)cc1)CO2. The number of halogens is 1. The molecule has 0 radical (unpaired) electrons. The van der Waals surface area contributed by atoms with Gasteiger partial charge >= 0.3 is 0 Å². The maximum atomic E-state index is 12.9. The number of carbonyl (C=O) groups excluding carboxylic acids is 1. The normalized spacial score (nSPS) is 17.0. The lowest BCUT2D eigenvalue weighted by atomic mass is 10.00. The van der Waals surface area contributed by atoms with Crippen molar-refractivity contribution in [3.8, 4) is 11.5 Å². The molecule has 1 aromatic heterocycles.